The second kappa shape index (κ2) is 8.68. The number of benzene rings is 2. The van der Waals surface area contributed by atoms with Crippen LogP contribution in [0.1, 0.15) is 22.8 Å². The number of rotatable bonds is 6. The first-order chi connectivity index (χ1) is 13.1. The number of thioether (sulfide) groups is 1. The molecule has 6 heteroatoms. The molecule has 0 fully saturated rings. The fourth-order valence-electron chi connectivity index (χ4n) is 2.56. The standard InChI is InChI=1S/C21H20N2O3S/c1-14(27-19-12-11-16-5-3-4-6-18(16)23-19)20(24)22-13-15-7-9-17(10-8-15)21(25)26-2/h3-12,14H,13H2,1-2H3,(H,22,24). The second-order valence-corrected chi connectivity index (χ2v) is 7.37. The number of nitrogens with one attached hydrogen (secondary N) is 1. The summed E-state index contributed by atoms with van der Waals surface area (Å²) in [6.45, 7) is 2.26. The van der Waals surface area contributed by atoms with E-state index >= 15 is 0 Å². The fraction of sp³-hybridized carbons (Fsp3) is 0.190. The molecule has 138 valence electrons. The van der Waals surface area contributed by atoms with Gasteiger partial charge in [0.2, 0.25) is 5.91 Å². The highest BCUT2D eigenvalue weighted by atomic mass is 32.2. The van der Waals surface area contributed by atoms with Crippen LogP contribution in [0.4, 0.5) is 0 Å². The lowest BCUT2D eigenvalue weighted by molar-refractivity contribution is -0.120. The maximum atomic E-state index is 12.4. The van der Waals surface area contributed by atoms with Gasteiger partial charge in [-0.1, -0.05) is 48.2 Å². The van der Waals surface area contributed by atoms with Crippen molar-refractivity contribution in [2.45, 2.75) is 23.7 Å². The SMILES string of the molecule is COC(=O)c1ccc(CNC(=O)C(C)Sc2ccc3ccccc3n2)cc1. The molecule has 0 saturated carbocycles. The van der Waals surface area contributed by atoms with E-state index in [0.29, 0.717) is 12.1 Å². The molecule has 1 N–H and O–H groups in total. The zero-order valence-electron chi connectivity index (χ0n) is 15.1. The third kappa shape index (κ3) is 4.86. The quantitative estimate of drug-likeness (QED) is 0.520. The van der Waals surface area contributed by atoms with Gasteiger partial charge in [-0.2, -0.15) is 0 Å². The lowest BCUT2D eigenvalue weighted by Gasteiger charge is -2.12. The summed E-state index contributed by atoms with van der Waals surface area (Å²) >= 11 is 1.43. The van der Waals surface area contributed by atoms with Crippen LogP contribution in [0.15, 0.2) is 65.7 Å². The molecular weight excluding hydrogens is 360 g/mol. The Bertz CT molecular complexity index is 957. The van der Waals surface area contributed by atoms with Crippen molar-refractivity contribution in [2.75, 3.05) is 7.11 Å². The van der Waals surface area contributed by atoms with Crippen LogP contribution in [0, 0.1) is 0 Å². The van der Waals surface area contributed by atoms with Gasteiger partial charge < -0.3 is 10.1 Å². The molecule has 2 aromatic carbocycles. The third-order valence-corrected chi connectivity index (χ3v) is 5.12. The average molecular weight is 380 g/mol. The molecule has 0 aliphatic rings. The first-order valence-electron chi connectivity index (χ1n) is 8.54. The van der Waals surface area contributed by atoms with E-state index in [0.717, 1.165) is 21.5 Å². The number of ether oxygens (including phenoxy) is 1. The molecule has 1 unspecified atom stereocenters. The number of esters is 1. The van der Waals surface area contributed by atoms with Crippen molar-refractivity contribution in [2.24, 2.45) is 0 Å². The van der Waals surface area contributed by atoms with Crippen LogP contribution in [-0.2, 0) is 16.1 Å². The summed E-state index contributed by atoms with van der Waals surface area (Å²) in [5.74, 6) is -0.439. The van der Waals surface area contributed by atoms with E-state index in [1.54, 1.807) is 24.3 Å². The van der Waals surface area contributed by atoms with Crippen molar-refractivity contribution in [1.29, 1.82) is 0 Å². The summed E-state index contributed by atoms with van der Waals surface area (Å²) in [4.78, 5) is 28.4. The Kier molecular flexibility index (Phi) is 6.08. The Morgan fingerprint density at radius 3 is 2.56 bits per heavy atom. The number of pyridine rings is 1. The van der Waals surface area contributed by atoms with E-state index in [-0.39, 0.29) is 17.1 Å². The first kappa shape index (κ1) is 18.9. The Morgan fingerprint density at radius 2 is 1.81 bits per heavy atom. The highest BCUT2D eigenvalue weighted by molar-refractivity contribution is 8.00. The Labute approximate surface area is 162 Å². The number of hydrogen-bond donors (Lipinski definition) is 1. The number of methoxy groups -OCH3 is 1. The predicted octanol–water partition coefficient (Wildman–Crippen LogP) is 3.82. The van der Waals surface area contributed by atoms with Crippen molar-refractivity contribution in [3.8, 4) is 0 Å². The highest BCUT2D eigenvalue weighted by Gasteiger charge is 2.15. The van der Waals surface area contributed by atoms with Gasteiger partial charge in [0, 0.05) is 11.9 Å². The van der Waals surface area contributed by atoms with E-state index in [9.17, 15) is 9.59 Å². The number of hydrogen-bond acceptors (Lipinski definition) is 5. The number of aromatic nitrogens is 1. The van der Waals surface area contributed by atoms with Gasteiger partial charge in [0.05, 0.1) is 28.5 Å². The molecule has 1 aromatic heterocycles. The summed E-state index contributed by atoms with van der Waals surface area (Å²) in [6, 6.07) is 18.8. The van der Waals surface area contributed by atoms with Crippen molar-refractivity contribution in [3.05, 3.63) is 71.8 Å². The molecule has 0 saturated heterocycles. The molecule has 0 spiro atoms. The smallest absolute Gasteiger partial charge is 0.337 e. The van der Waals surface area contributed by atoms with Gasteiger partial charge in [-0.15, -0.1) is 0 Å². The van der Waals surface area contributed by atoms with Crippen molar-refractivity contribution < 1.29 is 14.3 Å². The van der Waals surface area contributed by atoms with E-state index in [4.69, 9.17) is 0 Å². The summed E-state index contributed by atoms with van der Waals surface area (Å²) < 4.78 is 4.67. The molecular formula is C21H20N2O3S. The molecule has 0 radical (unpaired) electrons. The molecule has 27 heavy (non-hydrogen) atoms. The Balaban J connectivity index is 1.56. The zero-order valence-corrected chi connectivity index (χ0v) is 16.0. The molecule has 3 rings (SSSR count). The molecule has 0 aliphatic heterocycles. The number of fused-ring (bicyclic) bond motifs is 1. The minimum absolute atomic E-state index is 0.0630. The van der Waals surface area contributed by atoms with Gasteiger partial charge in [0.25, 0.3) is 0 Å². The summed E-state index contributed by atoms with van der Waals surface area (Å²) in [6.07, 6.45) is 0. The number of carbonyl (C=O) groups is 2. The fourth-order valence-corrected chi connectivity index (χ4v) is 3.41. The number of amides is 1. The van der Waals surface area contributed by atoms with Crippen LogP contribution < -0.4 is 5.32 Å². The lowest BCUT2D eigenvalue weighted by atomic mass is 10.1. The number of nitrogens with zero attached hydrogens (tertiary/aromatic N) is 1. The lowest BCUT2D eigenvalue weighted by Crippen LogP contribution is -2.30. The molecule has 0 bridgehead atoms. The van der Waals surface area contributed by atoms with Crippen LogP contribution in [-0.4, -0.2) is 29.2 Å². The average Bonchev–Trinajstić information content (AvgIpc) is 2.71. The van der Waals surface area contributed by atoms with Gasteiger partial charge in [-0.25, -0.2) is 9.78 Å². The summed E-state index contributed by atoms with van der Waals surface area (Å²) in [7, 11) is 1.35. The largest absolute Gasteiger partial charge is 0.465 e. The van der Waals surface area contributed by atoms with E-state index in [1.807, 2.05) is 43.3 Å². The molecule has 3 aromatic rings. The van der Waals surface area contributed by atoms with Crippen LogP contribution in [0.3, 0.4) is 0 Å². The van der Waals surface area contributed by atoms with Crippen LogP contribution >= 0.6 is 11.8 Å². The Hall–Kier alpha value is -2.86. The number of para-hydroxylation sites is 1. The van der Waals surface area contributed by atoms with Gasteiger partial charge >= 0.3 is 5.97 Å². The maximum absolute atomic E-state index is 12.4. The molecule has 5 nitrogen and oxygen atoms in total. The van der Waals surface area contributed by atoms with Gasteiger partial charge in [-0.3, -0.25) is 4.79 Å². The van der Waals surface area contributed by atoms with E-state index < -0.39 is 0 Å². The van der Waals surface area contributed by atoms with E-state index in [2.05, 4.69) is 15.0 Å². The summed E-state index contributed by atoms with van der Waals surface area (Å²) in [5, 5.41) is 4.54. The zero-order chi connectivity index (χ0) is 19.2. The molecule has 1 amide bonds. The van der Waals surface area contributed by atoms with Crippen LogP contribution in [0.5, 0.6) is 0 Å². The second-order valence-electron chi connectivity index (χ2n) is 6.01. The van der Waals surface area contributed by atoms with Crippen molar-refractivity contribution in [3.63, 3.8) is 0 Å². The minimum atomic E-state index is -0.376. The maximum Gasteiger partial charge on any atom is 0.337 e. The van der Waals surface area contributed by atoms with Crippen LogP contribution in [0.25, 0.3) is 10.9 Å². The number of carbonyl (C=O) groups excluding carboxylic acids is 2. The van der Waals surface area contributed by atoms with Gasteiger partial charge in [0.1, 0.15) is 0 Å². The normalized spacial score (nSPS) is 11.8. The monoisotopic (exact) mass is 380 g/mol. The first-order valence-corrected chi connectivity index (χ1v) is 9.42. The minimum Gasteiger partial charge on any atom is -0.465 e. The van der Waals surface area contributed by atoms with Crippen molar-refractivity contribution >= 4 is 34.5 Å². The molecule has 0 aliphatic carbocycles. The molecule has 1 heterocycles. The van der Waals surface area contributed by atoms with Gasteiger partial charge in [0.15, 0.2) is 0 Å². The Morgan fingerprint density at radius 1 is 1.07 bits per heavy atom. The summed E-state index contributed by atoms with van der Waals surface area (Å²) in [5.41, 5.74) is 2.32. The van der Waals surface area contributed by atoms with Gasteiger partial charge in [-0.05, 0) is 36.8 Å². The van der Waals surface area contributed by atoms with Crippen LogP contribution in [0.2, 0.25) is 0 Å². The molecule has 1 atom stereocenters. The third-order valence-electron chi connectivity index (χ3n) is 4.08. The van der Waals surface area contributed by atoms with Crippen molar-refractivity contribution in [1.82, 2.24) is 10.3 Å². The highest BCUT2D eigenvalue weighted by Crippen LogP contribution is 2.24. The van der Waals surface area contributed by atoms with E-state index in [1.165, 1.54) is 18.9 Å². The topological polar surface area (TPSA) is 68.3 Å². The predicted molar refractivity (Wildman–Crippen MR) is 107 cm³/mol.